The van der Waals surface area contributed by atoms with E-state index in [1.54, 1.807) is 12.1 Å². The predicted octanol–water partition coefficient (Wildman–Crippen LogP) is 1.75. The molecule has 0 aliphatic carbocycles. The molecule has 0 saturated carbocycles. The number of halogens is 2. The Bertz CT molecular complexity index is 357. The van der Waals surface area contributed by atoms with Crippen LogP contribution in [0.3, 0.4) is 0 Å². The molecule has 0 atom stereocenters. The quantitative estimate of drug-likeness (QED) is 0.888. The highest BCUT2D eigenvalue weighted by atomic mass is 79.9. The van der Waals surface area contributed by atoms with Crippen LogP contribution in [0.1, 0.15) is 5.56 Å². The van der Waals surface area contributed by atoms with E-state index in [0.29, 0.717) is 5.02 Å². The summed E-state index contributed by atoms with van der Waals surface area (Å²) in [7, 11) is 0. The fourth-order valence-electron chi connectivity index (χ4n) is 1.12. The van der Waals surface area contributed by atoms with Gasteiger partial charge in [0, 0.05) is 11.0 Å². The molecule has 1 rings (SSSR count). The van der Waals surface area contributed by atoms with E-state index >= 15 is 0 Å². The summed E-state index contributed by atoms with van der Waals surface area (Å²) in [6.45, 7) is 0.222. The van der Waals surface area contributed by atoms with Gasteiger partial charge in [0.15, 0.2) is 0 Å². The lowest BCUT2D eigenvalue weighted by Crippen LogP contribution is -2.27. The van der Waals surface area contributed by atoms with E-state index in [4.69, 9.17) is 16.7 Å². The van der Waals surface area contributed by atoms with Crippen LogP contribution in [0.5, 0.6) is 0 Å². The van der Waals surface area contributed by atoms with Gasteiger partial charge in [-0.3, -0.25) is 4.79 Å². The van der Waals surface area contributed by atoms with Crippen molar-refractivity contribution in [2.75, 3.05) is 13.2 Å². The number of amides is 1. The lowest BCUT2D eigenvalue weighted by atomic mass is 10.1. The molecule has 82 valence electrons. The maximum absolute atomic E-state index is 11.3. The first-order valence-electron chi connectivity index (χ1n) is 4.45. The van der Waals surface area contributed by atoms with Crippen LogP contribution >= 0.6 is 27.5 Å². The summed E-state index contributed by atoms with van der Waals surface area (Å²) in [6, 6.07) is 5.37. The SMILES string of the molecule is O=C(Cc1cccc(Cl)c1Br)NCCO. The van der Waals surface area contributed by atoms with Gasteiger partial charge in [-0.1, -0.05) is 23.7 Å². The van der Waals surface area contributed by atoms with Crippen LogP contribution in [-0.4, -0.2) is 24.2 Å². The number of carbonyl (C=O) groups is 1. The Kier molecular flexibility index (Phi) is 5.08. The number of hydrogen-bond acceptors (Lipinski definition) is 2. The second kappa shape index (κ2) is 6.10. The molecule has 0 fully saturated rings. The second-order valence-corrected chi connectivity index (χ2v) is 4.16. The summed E-state index contributed by atoms with van der Waals surface area (Å²) in [5, 5.41) is 11.7. The Labute approximate surface area is 102 Å². The minimum absolute atomic E-state index is 0.0531. The van der Waals surface area contributed by atoms with Crippen LogP contribution in [0.15, 0.2) is 22.7 Å². The van der Waals surface area contributed by atoms with Crippen LogP contribution in [0.4, 0.5) is 0 Å². The number of rotatable bonds is 4. The van der Waals surface area contributed by atoms with Crippen molar-refractivity contribution < 1.29 is 9.90 Å². The molecule has 0 spiro atoms. The van der Waals surface area contributed by atoms with Gasteiger partial charge in [-0.15, -0.1) is 0 Å². The van der Waals surface area contributed by atoms with Crippen molar-refractivity contribution in [3.63, 3.8) is 0 Å². The molecule has 0 bridgehead atoms. The maximum atomic E-state index is 11.3. The molecular formula is C10H11BrClNO2. The molecule has 2 N–H and O–H groups in total. The lowest BCUT2D eigenvalue weighted by molar-refractivity contribution is -0.120. The Morgan fingerprint density at radius 2 is 2.27 bits per heavy atom. The summed E-state index contributed by atoms with van der Waals surface area (Å²) < 4.78 is 0.741. The molecule has 0 unspecified atom stereocenters. The Hall–Kier alpha value is -0.580. The van der Waals surface area contributed by atoms with Gasteiger partial charge in [0.25, 0.3) is 0 Å². The molecule has 0 aliphatic rings. The normalized spacial score (nSPS) is 10.1. The number of aliphatic hydroxyl groups excluding tert-OH is 1. The second-order valence-electron chi connectivity index (χ2n) is 2.96. The molecular weight excluding hydrogens is 281 g/mol. The van der Waals surface area contributed by atoms with Crippen molar-refractivity contribution in [2.45, 2.75) is 6.42 Å². The lowest BCUT2D eigenvalue weighted by Gasteiger charge is -2.06. The van der Waals surface area contributed by atoms with Crippen molar-refractivity contribution in [2.24, 2.45) is 0 Å². The smallest absolute Gasteiger partial charge is 0.224 e. The van der Waals surface area contributed by atoms with Gasteiger partial charge < -0.3 is 10.4 Å². The highest BCUT2D eigenvalue weighted by molar-refractivity contribution is 9.10. The maximum Gasteiger partial charge on any atom is 0.224 e. The van der Waals surface area contributed by atoms with Crippen LogP contribution in [0, 0.1) is 0 Å². The van der Waals surface area contributed by atoms with Gasteiger partial charge in [-0.25, -0.2) is 0 Å². The van der Waals surface area contributed by atoms with E-state index < -0.39 is 0 Å². The molecule has 15 heavy (non-hydrogen) atoms. The Morgan fingerprint density at radius 3 is 2.93 bits per heavy atom. The van der Waals surface area contributed by atoms with Crippen LogP contribution in [-0.2, 0) is 11.2 Å². The van der Waals surface area contributed by atoms with Crippen LogP contribution < -0.4 is 5.32 Å². The number of carbonyl (C=O) groups excluding carboxylic acids is 1. The summed E-state index contributed by atoms with van der Waals surface area (Å²) >= 11 is 9.20. The van der Waals surface area contributed by atoms with Crippen molar-refractivity contribution >= 4 is 33.4 Å². The first kappa shape index (κ1) is 12.5. The minimum Gasteiger partial charge on any atom is -0.395 e. The first-order valence-corrected chi connectivity index (χ1v) is 5.62. The average Bonchev–Trinajstić information content (AvgIpc) is 2.22. The average molecular weight is 293 g/mol. The van der Waals surface area contributed by atoms with Gasteiger partial charge in [0.1, 0.15) is 0 Å². The van der Waals surface area contributed by atoms with Crippen molar-refractivity contribution in [1.82, 2.24) is 5.32 Å². The zero-order chi connectivity index (χ0) is 11.3. The third kappa shape index (κ3) is 3.81. The van der Waals surface area contributed by atoms with E-state index in [0.717, 1.165) is 10.0 Å². The predicted molar refractivity (Wildman–Crippen MR) is 63.0 cm³/mol. The molecule has 0 aliphatic heterocycles. The molecule has 1 aromatic carbocycles. The van der Waals surface area contributed by atoms with E-state index in [9.17, 15) is 4.79 Å². The monoisotopic (exact) mass is 291 g/mol. The fourth-order valence-corrected chi connectivity index (χ4v) is 1.71. The summed E-state index contributed by atoms with van der Waals surface area (Å²) in [4.78, 5) is 11.3. The number of benzene rings is 1. The summed E-state index contributed by atoms with van der Waals surface area (Å²) in [5.41, 5.74) is 0.831. The third-order valence-corrected chi connectivity index (χ3v) is 3.30. The zero-order valence-corrected chi connectivity index (χ0v) is 10.3. The largest absolute Gasteiger partial charge is 0.395 e. The minimum atomic E-state index is -0.132. The molecule has 1 aromatic rings. The number of hydrogen-bond donors (Lipinski definition) is 2. The van der Waals surface area contributed by atoms with Crippen molar-refractivity contribution in [3.8, 4) is 0 Å². The van der Waals surface area contributed by atoms with Gasteiger partial charge in [0.2, 0.25) is 5.91 Å². The standard InChI is InChI=1S/C10H11BrClNO2/c11-10-7(2-1-3-8(10)12)6-9(15)13-4-5-14/h1-3,14H,4-6H2,(H,13,15). The van der Waals surface area contributed by atoms with E-state index in [1.165, 1.54) is 0 Å². The molecule has 5 heteroatoms. The Morgan fingerprint density at radius 1 is 1.53 bits per heavy atom. The molecule has 0 radical (unpaired) electrons. The van der Waals surface area contributed by atoms with E-state index in [-0.39, 0.29) is 25.5 Å². The molecule has 0 aromatic heterocycles. The fraction of sp³-hybridized carbons (Fsp3) is 0.300. The Balaban J connectivity index is 2.64. The van der Waals surface area contributed by atoms with E-state index in [1.807, 2.05) is 6.07 Å². The van der Waals surface area contributed by atoms with E-state index in [2.05, 4.69) is 21.2 Å². The summed E-state index contributed by atoms with van der Waals surface area (Å²) in [6.07, 6.45) is 0.251. The molecule has 0 heterocycles. The highest BCUT2D eigenvalue weighted by Gasteiger charge is 2.08. The van der Waals surface area contributed by atoms with Crippen LogP contribution in [0.25, 0.3) is 0 Å². The molecule has 3 nitrogen and oxygen atoms in total. The number of nitrogens with one attached hydrogen (secondary N) is 1. The van der Waals surface area contributed by atoms with Gasteiger partial charge in [-0.05, 0) is 27.6 Å². The van der Waals surface area contributed by atoms with Gasteiger partial charge >= 0.3 is 0 Å². The van der Waals surface area contributed by atoms with Crippen molar-refractivity contribution in [1.29, 1.82) is 0 Å². The zero-order valence-electron chi connectivity index (χ0n) is 7.96. The first-order chi connectivity index (χ1) is 7.15. The van der Waals surface area contributed by atoms with Crippen LogP contribution in [0.2, 0.25) is 5.02 Å². The number of aliphatic hydroxyl groups is 1. The van der Waals surface area contributed by atoms with Gasteiger partial charge in [0.05, 0.1) is 18.1 Å². The third-order valence-electron chi connectivity index (χ3n) is 1.82. The molecule has 1 amide bonds. The summed E-state index contributed by atoms with van der Waals surface area (Å²) in [5.74, 6) is -0.132. The van der Waals surface area contributed by atoms with Crippen molar-refractivity contribution in [3.05, 3.63) is 33.3 Å². The van der Waals surface area contributed by atoms with Gasteiger partial charge in [-0.2, -0.15) is 0 Å². The molecule has 0 saturated heterocycles. The highest BCUT2D eigenvalue weighted by Crippen LogP contribution is 2.26. The topological polar surface area (TPSA) is 49.3 Å².